The molecule has 1 fully saturated rings. The van der Waals surface area contributed by atoms with Crippen molar-refractivity contribution in [1.29, 1.82) is 0 Å². The lowest BCUT2D eigenvalue weighted by Gasteiger charge is -2.37. The minimum absolute atomic E-state index is 0.0502. The van der Waals surface area contributed by atoms with E-state index in [2.05, 4.69) is 21.8 Å². The molecule has 7 nitrogen and oxygen atoms in total. The number of morpholine rings is 1. The fourth-order valence-corrected chi connectivity index (χ4v) is 2.74. The van der Waals surface area contributed by atoms with E-state index in [9.17, 15) is 0 Å². The van der Waals surface area contributed by atoms with Gasteiger partial charge in [0.25, 0.3) is 0 Å². The largest absolute Gasteiger partial charge is 0.382 e. The van der Waals surface area contributed by atoms with Gasteiger partial charge in [0.05, 0.1) is 31.2 Å². The van der Waals surface area contributed by atoms with E-state index in [1.165, 1.54) is 0 Å². The minimum Gasteiger partial charge on any atom is -0.382 e. The fourth-order valence-electron chi connectivity index (χ4n) is 2.74. The maximum Gasteiger partial charge on any atom is 0.159 e. The average Bonchev–Trinajstić information content (AvgIpc) is 2.93. The molecule has 0 N–H and O–H groups in total. The lowest BCUT2D eigenvalue weighted by Crippen LogP contribution is -2.48. The van der Waals surface area contributed by atoms with Crippen molar-refractivity contribution >= 4 is 5.82 Å². The normalized spacial score (nSPS) is 22.0. The number of nitrogens with zero attached hydrogens (tertiary/aromatic N) is 5. The quantitative estimate of drug-likeness (QED) is 0.846. The Morgan fingerprint density at radius 1 is 1.32 bits per heavy atom. The van der Waals surface area contributed by atoms with Crippen LogP contribution in [0.15, 0.2) is 24.8 Å². The van der Waals surface area contributed by atoms with Crippen LogP contribution in [0.2, 0.25) is 0 Å². The third-order valence-corrected chi connectivity index (χ3v) is 3.68. The van der Waals surface area contributed by atoms with E-state index in [0.29, 0.717) is 6.61 Å². The summed E-state index contributed by atoms with van der Waals surface area (Å²) in [6, 6.07) is 0. The third kappa shape index (κ3) is 3.10. The SMILES string of the molecule is COCC1CN(c2cncc(-n3ccnc3C)n2)CC(C)O1. The summed E-state index contributed by atoms with van der Waals surface area (Å²) in [4.78, 5) is 15.5. The molecular formula is C15H21N5O2. The molecule has 1 aliphatic heterocycles. The van der Waals surface area contributed by atoms with Crippen LogP contribution in [-0.4, -0.2) is 58.5 Å². The summed E-state index contributed by atoms with van der Waals surface area (Å²) < 4.78 is 13.0. The summed E-state index contributed by atoms with van der Waals surface area (Å²) in [5.41, 5.74) is 0. The van der Waals surface area contributed by atoms with Gasteiger partial charge >= 0.3 is 0 Å². The Morgan fingerprint density at radius 3 is 2.86 bits per heavy atom. The van der Waals surface area contributed by atoms with E-state index in [1.54, 1.807) is 25.7 Å². The Labute approximate surface area is 129 Å². The predicted molar refractivity (Wildman–Crippen MR) is 82.3 cm³/mol. The predicted octanol–water partition coefficient (Wildman–Crippen LogP) is 1.21. The molecule has 3 rings (SSSR count). The zero-order valence-corrected chi connectivity index (χ0v) is 13.1. The first-order valence-electron chi connectivity index (χ1n) is 7.39. The highest BCUT2D eigenvalue weighted by atomic mass is 16.5. The Kier molecular flexibility index (Phi) is 4.35. The molecule has 0 radical (unpaired) electrons. The maximum atomic E-state index is 5.87. The van der Waals surface area contributed by atoms with Crippen molar-refractivity contribution in [3.05, 3.63) is 30.6 Å². The van der Waals surface area contributed by atoms with Gasteiger partial charge in [-0.25, -0.2) is 9.97 Å². The standard InChI is InChI=1S/C15H21N5O2/c1-11-8-19(9-13(22-11)10-21-3)14-6-16-7-15(18-14)20-5-4-17-12(20)2/h4-7,11,13H,8-10H2,1-3H3. The van der Waals surface area contributed by atoms with Gasteiger partial charge in [-0.2, -0.15) is 0 Å². The average molecular weight is 303 g/mol. The summed E-state index contributed by atoms with van der Waals surface area (Å²) in [6.45, 7) is 6.13. The molecule has 1 aliphatic rings. The van der Waals surface area contributed by atoms with Gasteiger partial charge in [0.15, 0.2) is 5.82 Å². The van der Waals surface area contributed by atoms with Crippen molar-refractivity contribution in [2.45, 2.75) is 26.1 Å². The van der Waals surface area contributed by atoms with Crippen LogP contribution in [0.3, 0.4) is 0 Å². The number of ether oxygens (including phenoxy) is 2. The van der Waals surface area contributed by atoms with E-state index in [1.807, 2.05) is 17.7 Å². The van der Waals surface area contributed by atoms with Crippen LogP contribution < -0.4 is 4.90 Å². The first kappa shape index (κ1) is 14.9. The number of hydrogen-bond acceptors (Lipinski definition) is 6. The van der Waals surface area contributed by atoms with Gasteiger partial charge in [-0.05, 0) is 13.8 Å². The Balaban J connectivity index is 1.84. The molecule has 0 aliphatic carbocycles. The molecular weight excluding hydrogens is 282 g/mol. The third-order valence-electron chi connectivity index (χ3n) is 3.68. The van der Waals surface area contributed by atoms with Crippen molar-refractivity contribution in [3.63, 3.8) is 0 Å². The van der Waals surface area contributed by atoms with E-state index < -0.39 is 0 Å². The van der Waals surface area contributed by atoms with E-state index in [-0.39, 0.29) is 12.2 Å². The lowest BCUT2D eigenvalue weighted by atomic mass is 10.2. The molecule has 0 aromatic carbocycles. The van der Waals surface area contributed by atoms with E-state index >= 15 is 0 Å². The van der Waals surface area contributed by atoms with Gasteiger partial charge in [-0.15, -0.1) is 0 Å². The van der Waals surface area contributed by atoms with Crippen molar-refractivity contribution in [2.24, 2.45) is 0 Å². The first-order chi connectivity index (χ1) is 10.7. The topological polar surface area (TPSA) is 65.3 Å². The highest BCUT2D eigenvalue weighted by molar-refractivity contribution is 5.40. The molecule has 7 heteroatoms. The zero-order valence-electron chi connectivity index (χ0n) is 13.1. The zero-order chi connectivity index (χ0) is 15.5. The summed E-state index contributed by atoms with van der Waals surface area (Å²) >= 11 is 0. The molecule has 0 spiro atoms. The summed E-state index contributed by atoms with van der Waals surface area (Å²) in [5.74, 6) is 2.51. The molecule has 2 atom stereocenters. The van der Waals surface area contributed by atoms with Crippen LogP contribution in [-0.2, 0) is 9.47 Å². The lowest BCUT2D eigenvalue weighted by molar-refractivity contribution is -0.0512. The summed E-state index contributed by atoms with van der Waals surface area (Å²) in [7, 11) is 1.69. The van der Waals surface area contributed by atoms with Crippen LogP contribution in [0.5, 0.6) is 0 Å². The van der Waals surface area contributed by atoms with Gasteiger partial charge in [-0.1, -0.05) is 0 Å². The molecule has 2 aromatic heterocycles. The van der Waals surface area contributed by atoms with Gasteiger partial charge in [0.1, 0.15) is 11.6 Å². The summed E-state index contributed by atoms with van der Waals surface area (Å²) in [6.07, 6.45) is 7.36. The van der Waals surface area contributed by atoms with Crippen molar-refractivity contribution < 1.29 is 9.47 Å². The number of hydrogen-bond donors (Lipinski definition) is 0. The van der Waals surface area contributed by atoms with E-state index in [4.69, 9.17) is 14.5 Å². The molecule has 0 amide bonds. The Morgan fingerprint density at radius 2 is 2.14 bits per heavy atom. The Bertz CT molecular complexity index is 630. The second-order valence-electron chi connectivity index (χ2n) is 5.51. The summed E-state index contributed by atoms with van der Waals surface area (Å²) in [5, 5.41) is 0. The van der Waals surface area contributed by atoms with Crippen molar-refractivity contribution in [1.82, 2.24) is 19.5 Å². The molecule has 22 heavy (non-hydrogen) atoms. The monoisotopic (exact) mass is 303 g/mol. The highest BCUT2D eigenvalue weighted by Gasteiger charge is 2.26. The number of methoxy groups -OCH3 is 1. The molecule has 2 aromatic rings. The van der Waals surface area contributed by atoms with Crippen LogP contribution in [0, 0.1) is 6.92 Å². The van der Waals surface area contributed by atoms with Crippen LogP contribution in [0.1, 0.15) is 12.7 Å². The number of imidazole rings is 1. The minimum atomic E-state index is 0.0502. The van der Waals surface area contributed by atoms with Crippen molar-refractivity contribution in [2.75, 3.05) is 31.7 Å². The number of rotatable bonds is 4. The van der Waals surface area contributed by atoms with Gasteiger partial charge in [0.2, 0.25) is 0 Å². The van der Waals surface area contributed by atoms with E-state index in [0.717, 1.165) is 30.5 Å². The molecule has 0 bridgehead atoms. The highest BCUT2D eigenvalue weighted by Crippen LogP contribution is 2.19. The van der Waals surface area contributed by atoms with Crippen molar-refractivity contribution in [3.8, 4) is 5.82 Å². The fraction of sp³-hybridized carbons (Fsp3) is 0.533. The van der Waals surface area contributed by atoms with Crippen LogP contribution in [0.4, 0.5) is 5.82 Å². The number of aromatic nitrogens is 4. The van der Waals surface area contributed by atoms with Crippen LogP contribution in [0.25, 0.3) is 5.82 Å². The van der Waals surface area contributed by atoms with Gasteiger partial charge in [0, 0.05) is 32.6 Å². The molecule has 118 valence electrons. The second kappa shape index (κ2) is 6.41. The maximum absolute atomic E-state index is 5.87. The number of anilines is 1. The Hall–Kier alpha value is -1.99. The molecule has 3 heterocycles. The van der Waals surface area contributed by atoms with Gasteiger partial charge < -0.3 is 14.4 Å². The van der Waals surface area contributed by atoms with Gasteiger partial charge in [-0.3, -0.25) is 9.55 Å². The smallest absolute Gasteiger partial charge is 0.159 e. The first-order valence-corrected chi connectivity index (χ1v) is 7.39. The second-order valence-corrected chi connectivity index (χ2v) is 5.51. The molecule has 0 saturated carbocycles. The molecule has 1 saturated heterocycles. The van der Waals surface area contributed by atoms with Crippen LogP contribution >= 0.6 is 0 Å². The molecule has 2 unspecified atom stereocenters. The number of aryl methyl sites for hydroxylation is 1.